The molecule has 1 unspecified atom stereocenters. The van der Waals surface area contributed by atoms with Crippen molar-refractivity contribution >= 4 is 17.7 Å². The fourth-order valence-electron chi connectivity index (χ4n) is 3.01. The third kappa shape index (κ3) is 5.48. The van der Waals surface area contributed by atoms with E-state index in [1.165, 1.54) is 0 Å². The molecule has 0 aromatic heterocycles. The van der Waals surface area contributed by atoms with Gasteiger partial charge in [0.15, 0.2) is 0 Å². The summed E-state index contributed by atoms with van der Waals surface area (Å²) >= 11 is 0. The van der Waals surface area contributed by atoms with Gasteiger partial charge in [0.2, 0.25) is 0 Å². The van der Waals surface area contributed by atoms with E-state index in [0.717, 1.165) is 25.7 Å². The van der Waals surface area contributed by atoms with E-state index in [4.69, 9.17) is 9.57 Å². The van der Waals surface area contributed by atoms with Gasteiger partial charge in [0.1, 0.15) is 5.41 Å². The minimum absolute atomic E-state index is 0.235. The Morgan fingerprint density at radius 1 is 1.35 bits per heavy atom. The largest absolute Gasteiger partial charge is 0.465 e. The van der Waals surface area contributed by atoms with Crippen molar-refractivity contribution in [2.45, 2.75) is 71.6 Å². The SMILES string of the molecule is C=CCCCCC1(C(=O)OCC)CCC/C1=N\OC(=O)CCC. The third-order valence-electron chi connectivity index (χ3n) is 4.21. The predicted molar refractivity (Wildman–Crippen MR) is 90.0 cm³/mol. The molecule has 5 heteroatoms. The summed E-state index contributed by atoms with van der Waals surface area (Å²) < 4.78 is 5.29. The monoisotopic (exact) mass is 323 g/mol. The molecule has 1 atom stereocenters. The average molecular weight is 323 g/mol. The van der Waals surface area contributed by atoms with Gasteiger partial charge in [0.25, 0.3) is 0 Å². The van der Waals surface area contributed by atoms with Crippen LogP contribution in [0.5, 0.6) is 0 Å². The topological polar surface area (TPSA) is 65.0 Å². The van der Waals surface area contributed by atoms with Crippen LogP contribution in [0.2, 0.25) is 0 Å². The summed E-state index contributed by atoms with van der Waals surface area (Å²) in [6.45, 7) is 7.77. The lowest BCUT2D eigenvalue weighted by molar-refractivity contribution is -0.152. The van der Waals surface area contributed by atoms with Crippen molar-refractivity contribution in [1.29, 1.82) is 0 Å². The Labute approximate surface area is 139 Å². The minimum Gasteiger partial charge on any atom is -0.465 e. The lowest BCUT2D eigenvalue weighted by atomic mass is 9.79. The van der Waals surface area contributed by atoms with Crippen LogP contribution in [0, 0.1) is 5.41 Å². The summed E-state index contributed by atoms with van der Waals surface area (Å²) in [6.07, 6.45) is 8.68. The number of carbonyl (C=O) groups is 2. The molecule has 5 nitrogen and oxygen atoms in total. The Bertz CT molecular complexity index is 444. The smallest absolute Gasteiger partial charge is 0.334 e. The van der Waals surface area contributed by atoms with Gasteiger partial charge in [-0.25, -0.2) is 4.79 Å². The van der Waals surface area contributed by atoms with E-state index in [2.05, 4.69) is 11.7 Å². The molecule has 1 rings (SSSR count). The van der Waals surface area contributed by atoms with Crippen LogP contribution < -0.4 is 0 Å². The van der Waals surface area contributed by atoms with Crippen LogP contribution in [-0.4, -0.2) is 24.3 Å². The Kier molecular flexibility index (Phi) is 8.59. The first-order valence-corrected chi connectivity index (χ1v) is 8.66. The van der Waals surface area contributed by atoms with Gasteiger partial charge in [-0.05, 0) is 51.9 Å². The number of allylic oxidation sites excluding steroid dienone is 1. The van der Waals surface area contributed by atoms with Gasteiger partial charge in [-0.15, -0.1) is 6.58 Å². The van der Waals surface area contributed by atoms with Crippen LogP contribution in [0.3, 0.4) is 0 Å². The van der Waals surface area contributed by atoms with Crippen molar-refractivity contribution in [3.8, 4) is 0 Å². The quantitative estimate of drug-likeness (QED) is 0.199. The Hall–Kier alpha value is -1.65. The van der Waals surface area contributed by atoms with E-state index in [9.17, 15) is 9.59 Å². The summed E-state index contributed by atoms with van der Waals surface area (Å²) in [5, 5.41) is 4.04. The highest BCUT2D eigenvalue weighted by Gasteiger charge is 2.48. The van der Waals surface area contributed by atoms with Crippen molar-refractivity contribution in [3.05, 3.63) is 12.7 Å². The van der Waals surface area contributed by atoms with E-state index < -0.39 is 5.41 Å². The molecule has 0 saturated heterocycles. The zero-order valence-electron chi connectivity index (χ0n) is 14.4. The maximum Gasteiger partial charge on any atom is 0.334 e. The van der Waals surface area contributed by atoms with Gasteiger partial charge in [0, 0.05) is 6.42 Å². The number of unbranched alkanes of at least 4 members (excludes halogenated alkanes) is 2. The molecule has 0 heterocycles. The van der Waals surface area contributed by atoms with Gasteiger partial charge in [0.05, 0.1) is 12.3 Å². The van der Waals surface area contributed by atoms with E-state index in [-0.39, 0.29) is 11.9 Å². The van der Waals surface area contributed by atoms with E-state index in [1.54, 1.807) is 6.92 Å². The van der Waals surface area contributed by atoms with Crippen LogP contribution in [0.25, 0.3) is 0 Å². The molecule has 0 aliphatic heterocycles. The first-order valence-electron chi connectivity index (χ1n) is 8.66. The predicted octanol–water partition coefficient (Wildman–Crippen LogP) is 4.17. The summed E-state index contributed by atoms with van der Waals surface area (Å²) in [6, 6.07) is 0. The first-order chi connectivity index (χ1) is 11.1. The Morgan fingerprint density at radius 3 is 2.78 bits per heavy atom. The highest BCUT2D eigenvalue weighted by atomic mass is 16.7. The number of nitrogens with zero attached hydrogens (tertiary/aromatic N) is 1. The molecular weight excluding hydrogens is 294 g/mol. The summed E-state index contributed by atoms with van der Waals surface area (Å²) in [4.78, 5) is 29.1. The molecule has 0 aromatic carbocycles. The van der Waals surface area contributed by atoms with Crippen LogP contribution in [-0.2, 0) is 19.2 Å². The molecule has 1 aliphatic carbocycles. The van der Waals surface area contributed by atoms with Gasteiger partial charge in [-0.1, -0.05) is 24.6 Å². The van der Waals surface area contributed by atoms with E-state index >= 15 is 0 Å². The molecule has 0 spiro atoms. The zero-order chi connectivity index (χ0) is 17.1. The molecule has 1 aliphatic rings. The average Bonchev–Trinajstić information content (AvgIpc) is 2.94. The van der Waals surface area contributed by atoms with Crippen molar-refractivity contribution in [2.24, 2.45) is 10.6 Å². The number of ether oxygens (including phenoxy) is 1. The van der Waals surface area contributed by atoms with E-state index in [1.807, 2.05) is 13.0 Å². The second-order valence-electron chi connectivity index (χ2n) is 5.94. The van der Waals surface area contributed by atoms with Crippen LogP contribution in [0.15, 0.2) is 17.8 Å². The van der Waals surface area contributed by atoms with Gasteiger partial charge in [-0.3, -0.25) is 4.79 Å². The lowest BCUT2D eigenvalue weighted by Gasteiger charge is -2.27. The molecule has 1 fully saturated rings. The fourth-order valence-corrected chi connectivity index (χ4v) is 3.01. The van der Waals surface area contributed by atoms with Crippen LogP contribution in [0.4, 0.5) is 0 Å². The van der Waals surface area contributed by atoms with Gasteiger partial charge < -0.3 is 9.57 Å². The molecule has 130 valence electrons. The third-order valence-corrected chi connectivity index (χ3v) is 4.21. The number of oxime groups is 1. The maximum atomic E-state index is 12.5. The maximum absolute atomic E-state index is 12.5. The molecule has 0 aromatic rings. The summed E-state index contributed by atoms with van der Waals surface area (Å²) in [7, 11) is 0. The Morgan fingerprint density at radius 2 is 2.13 bits per heavy atom. The number of esters is 1. The fraction of sp³-hybridized carbons (Fsp3) is 0.722. The molecule has 0 bridgehead atoms. The number of carbonyl (C=O) groups excluding carboxylic acids is 2. The molecule has 1 saturated carbocycles. The highest BCUT2D eigenvalue weighted by molar-refractivity contribution is 6.08. The molecular formula is C18H29NO4. The summed E-state index contributed by atoms with van der Waals surface area (Å²) in [5.74, 6) is -0.585. The standard InChI is InChI=1S/C18H29NO4/c1-4-7-8-9-13-18(17(21)22-6-3)14-10-12-15(18)19-23-16(20)11-5-2/h4H,1,5-14H2,2-3H3/b19-15+. The molecule has 0 radical (unpaired) electrons. The second-order valence-corrected chi connectivity index (χ2v) is 5.94. The Balaban J connectivity index is 2.86. The molecule has 0 N–H and O–H groups in total. The van der Waals surface area contributed by atoms with Gasteiger partial charge in [-0.2, -0.15) is 0 Å². The normalized spacial score (nSPS) is 22.1. The van der Waals surface area contributed by atoms with Crippen molar-refractivity contribution in [3.63, 3.8) is 0 Å². The molecule has 0 amide bonds. The highest BCUT2D eigenvalue weighted by Crippen LogP contribution is 2.42. The molecule has 23 heavy (non-hydrogen) atoms. The minimum atomic E-state index is -0.719. The number of hydrogen-bond acceptors (Lipinski definition) is 5. The number of hydrogen-bond donors (Lipinski definition) is 0. The van der Waals surface area contributed by atoms with Crippen LogP contribution in [0.1, 0.15) is 71.6 Å². The van der Waals surface area contributed by atoms with Crippen molar-refractivity contribution in [2.75, 3.05) is 6.61 Å². The van der Waals surface area contributed by atoms with Crippen LogP contribution >= 0.6 is 0 Å². The van der Waals surface area contributed by atoms with Crippen molar-refractivity contribution < 1.29 is 19.2 Å². The second kappa shape index (κ2) is 10.2. The van der Waals surface area contributed by atoms with E-state index in [0.29, 0.717) is 44.4 Å². The zero-order valence-corrected chi connectivity index (χ0v) is 14.4. The van der Waals surface area contributed by atoms with Crippen molar-refractivity contribution in [1.82, 2.24) is 0 Å². The first kappa shape index (κ1) is 19.4. The number of rotatable bonds is 10. The lowest BCUT2D eigenvalue weighted by Crippen LogP contribution is -2.37. The van der Waals surface area contributed by atoms with Gasteiger partial charge >= 0.3 is 11.9 Å². The summed E-state index contributed by atoms with van der Waals surface area (Å²) in [5.41, 5.74) is -0.0528.